The van der Waals surface area contributed by atoms with Crippen LogP contribution >= 0.6 is 0 Å². The third-order valence-electron chi connectivity index (χ3n) is 2.98. The van der Waals surface area contributed by atoms with Crippen molar-refractivity contribution in [2.45, 2.75) is 39.8 Å². The minimum atomic E-state index is -0.828. The molecule has 0 aromatic carbocycles. The van der Waals surface area contributed by atoms with Crippen molar-refractivity contribution in [3.05, 3.63) is 11.4 Å². The Kier molecular flexibility index (Phi) is 5.53. The van der Waals surface area contributed by atoms with Crippen molar-refractivity contribution >= 4 is 22.4 Å². The molecule has 0 aliphatic rings. The van der Waals surface area contributed by atoms with E-state index < -0.39 is 10.8 Å². The Morgan fingerprint density at radius 3 is 2.63 bits per heavy atom. The second-order valence-corrected chi connectivity index (χ2v) is 6.33. The SMILES string of the molecule is Cc1nn(CC(=O)NC(C)CCS(C)=O)c(C)c1N. The molecule has 1 amide bonds. The van der Waals surface area contributed by atoms with E-state index >= 15 is 0 Å². The lowest BCUT2D eigenvalue weighted by atomic mass is 10.2. The second kappa shape index (κ2) is 6.70. The number of nitrogens with zero attached hydrogens (tertiary/aromatic N) is 2. The van der Waals surface area contributed by atoms with Crippen LogP contribution in [0.3, 0.4) is 0 Å². The van der Waals surface area contributed by atoms with Gasteiger partial charge in [-0.15, -0.1) is 0 Å². The molecular formula is C12H22N4O2S. The molecule has 0 saturated heterocycles. The maximum atomic E-state index is 11.9. The van der Waals surface area contributed by atoms with Gasteiger partial charge < -0.3 is 11.1 Å². The molecule has 2 atom stereocenters. The van der Waals surface area contributed by atoms with Crippen LogP contribution in [-0.4, -0.2) is 37.9 Å². The molecule has 0 spiro atoms. The maximum Gasteiger partial charge on any atom is 0.241 e. The van der Waals surface area contributed by atoms with E-state index in [1.54, 1.807) is 10.9 Å². The van der Waals surface area contributed by atoms with Crippen molar-refractivity contribution in [2.75, 3.05) is 17.7 Å². The molecule has 1 rings (SSSR count). The van der Waals surface area contributed by atoms with Crippen molar-refractivity contribution < 1.29 is 9.00 Å². The number of amides is 1. The largest absolute Gasteiger partial charge is 0.396 e. The number of carbonyl (C=O) groups excluding carboxylic acids is 1. The number of nitrogens with one attached hydrogen (secondary N) is 1. The summed E-state index contributed by atoms with van der Waals surface area (Å²) in [5.74, 6) is 0.480. The predicted octanol–water partition coefficient (Wildman–Crippen LogP) is 0.355. The van der Waals surface area contributed by atoms with Gasteiger partial charge in [-0.25, -0.2) is 0 Å². The summed E-state index contributed by atoms with van der Waals surface area (Å²) in [6.45, 7) is 5.71. The summed E-state index contributed by atoms with van der Waals surface area (Å²) in [4.78, 5) is 11.9. The minimum absolute atomic E-state index is 0.00529. The number of anilines is 1. The lowest BCUT2D eigenvalue weighted by molar-refractivity contribution is -0.122. The molecule has 0 fully saturated rings. The monoisotopic (exact) mass is 286 g/mol. The van der Waals surface area contributed by atoms with Gasteiger partial charge in [0.05, 0.1) is 17.1 Å². The van der Waals surface area contributed by atoms with Gasteiger partial charge in [-0.05, 0) is 27.2 Å². The second-order valence-electron chi connectivity index (χ2n) is 4.78. The number of carbonyl (C=O) groups is 1. The topological polar surface area (TPSA) is 90.0 Å². The van der Waals surface area contributed by atoms with Gasteiger partial charge in [0, 0.05) is 28.9 Å². The normalized spacial score (nSPS) is 14.1. The molecule has 3 N–H and O–H groups in total. The Labute approximate surface area is 116 Å². The lowest BCUT2D eigenvalue weighted by Crippen LogP contribution is -2.36. The quantitative estimate of drug-likeness (QED) is 0.790. The summed E-state index contributed by atoms with van der Waals surface area (Å²) in [5.41, 5.74) is 7.98. The number of aromatic nitrogens is 2. The van der Waals surface area contributed by atoms with Crippen LogP contribution in [0.2, 0.25) is 0 Å². The summed E-state index contributed by atoms with van der Waals surface area (Å²) in [5, 5.41) is 7.08. The van der Waals surface area contributed by atoms with Gasteiger partial charge in [0.15, 0.2) is 0 Å². The van der Waals surface area contributed by atoms with E-state index in [2.05, 4.69) is 10.4 Å². The van der Waals surface area contributed by atoms with Crippen molar-refractivity contribution in [2.24, 2.45) is 0 Å². The fraction of sp³-hybridized carbons (Fsp3) is 0.667. The lowest BCUT2D eigenvalue weighted by Gasteiger charge is -2.13. The number of hydrogen-bond acceptors (Lipinski definition) is 4. The first-order valence-corrected chi connectivity index (χ1v) is 7.92. The van der Waals surface area contributed by atoms with Crippen molar-refractivity contribution in [3.63, 3.8) is 0 Å². The van der Waals surface area contributed by atoms with Gasteiger partial charge in [-0.3, -0.25) is 13.7 Å². The smallest absolute Gasteiger partial charge is 0.241 e. The maximum absolute atomic E-state index is 11.9. The minimum Gasteiger partial charge on any atom is -0.396 e. The number of nitrogen functional groups attached to an aromatic ring is 1. The van der Waals surface area contributed by atoms with Gasteiger partial charge in [0.2, 0.25) is 5.91 Å². The summed E-state index contributed by atoms with van der Waals surface area (Å²) >= 11 is 0. The Balaban J connectivity index is 2.51. The summed E-state index contributed by atoms with van der Waals surface area (Å²) < 4.78 is 12.6. The van der Waals surface area contributed by atoms with Crippen molar-refractivity contribution in [1.29, 1.82) is 0 Å². The first-order chi connectivity index (χ1) is 8.81. The fourth-order valence-electron chi connectivity index (χ4n) is 1.74. The highest BCUT2D eigenvalue weighted by atomic mass is 32.2. The number of nitrogens with two attached hydrogens (primary N) is 1. The number of hydrogen-bond donors (Lipinski definition) is 2. The van der Waals surface area contributed by atoms with E-state index in [-0.39, 0.29) is 18.5 Å². The van der Waals surface area contributed by atoms with E-state index in [0.29, 0.717) is 17.9 Å². The highest BCUT2D eigenvalue weighted by molar-refractivity contribution is 7.84. The van der Waals surface area contributed by atoms with E-state index in [4.69, 9.17) is 5.73 Å². The summed E-state index contributed by atoms with van der Waals surface area (Å²) in [6, 6.07) is 0.00529. The summed E-state index contributed by atoms with van der Waals surface area (Å²) in [6.07, 6.45) is 2.36. The molecule has 7 heteroatoms. The first-order valence-electron chi connectivity index (χ1n) is 6.20. The van der Waals surface area contributed by atoms with Crippen LogP contribution in [0.15, 0.2) is 0 Å². The molecule has 0 aliphatic heterocycles. The van der Waals surface area contributed by atoms with Gasteiger partial charge >= 0.3 is 0 Å². The zero-order valence-corrected chi connectivity index (χ0v) is 12.7. The Bertz CT molecular complexity index is 484. The third-order valence-corrected chi connectivity index (χ3v) is 3.79. The molecule has 108 valence electrons. The standard InChI is InChI=1S/C12H22N4O2S/c1-8(5-6-19(4)18)14-11(17)7-16-10(3)12(13)9(2)15-16/h8H,5-7,13H2,1-4H3,(H,14,17). The van der Waals surface area contributed by atoms with Crippen LogP contribution in [0.5, 0.6) is 0 Å². The van der Waals surface area contributed by atoms with Crippen molar-refractivity contribution in [1.82, 2.24) is 15.1 Å². The molecule has 0 aliphatic carbocycles. The van der Waals surface area contributed by atoms with Crippen LogP contribution < -0.4 is 11.1 Å². The van der Waals surface area contributed by atoms with E-state index in [1.165, 1.54) is 0 Å². The molecule has 1 heterocycles. The van der Waals surface area contributed by atoms with Crippen LogP contribution in [0.4, 0.5) is 5.69 Å². The van der Waals surface area contributed by atoms with E-state index in [9.17, 15) is 9.00 Å². The van der Waals surface area contributed by atoms with Crippen LogP contribution in [-0.2, 0) is 22.1 Å². The Morgan fingerprint density at radius 2 is 2.16 bits per heavy atom. The van der Waals surface area contributed by atoms with Crippen molar-refractivity contribution in [3.8, 4) is 0 Å². The first kappa shape index (κ1) is 15.7. The van der Waals surface area contributed by atoms with E-state index in [1.807, 2.05) is 20.8 Å². The Hall–Kier alpha value is -1.37. The van der Waals surface area contributed by atoms with Crippen LogP contribution in [0.1, 0.15) is 24.7 Å². The average molecular weight is 286 g/mol. The Morgan fingerprint density at radius 1 is 1.53 bits per heavy atom. The number of rotatable bonds is 6. The molecule has 0 radical (unpaired) electrons. The molecule has 19 heavy (non-hydrogen) atoms. The molecule has 1 aromatic heterocycles. The van der Waals surface area contributed by atoms with Gasteiger partial charge in [-0.2, -0.15) is 5.10 Å². The molecule has 2 unspecified atom stereocenters. The highest BCUT2D eigenvalue weighted by Crippen LogP contribution is 2.14. The van der Waals surface area contributed by atoms with Crippen LogP contribution in [0.25, 0.3) is 0 Å². The molecule has 0 bridgehead atoms. The van der Waals surface area contributed by atoms with Crippen LogP contribution in [0, 0.1) is 13.8 Å². The molecular weight excluding hydrogens is 264 g/mol. The molecule has 6 nitrogen and oxygen atoms in total. The summed E-state index contributed by atoms with van der Waals surface area (Å²) in [7, 11) is -0.828. The number of aryl methyl sites for hydroxylation is 1. The zero-order chi connectivity index (χ0) is 14.6. The zero-order valence-electron chi connectivity index (χ0n) is 11.9. The van der Waals surface area contributed by atoms with Gasteiger partial charge in [-0.1, -0.05) is 0 Å². The average Bonchev–Trinajstić information content (AvgIpc) is 2.54. The van der Waals surface area contributed by atoms with E-state index in [0.717, 1.165) is 11.4 Å². The predicted molar refractivity (Wildman–Crippen MR) is 77.3 cm³/mol. The molecule has 0 saturated carbocycles. The highest BCUT2D eigenvalue weighted by Gasteiger charge is 2.13. The fourth-order valence-corrected chi connectivity index (χ4v) is 2.42. The molecule has 1 aromatic rings. The van der Waals surface area contributed by atoms with Gasteiger partial charge in [0.25, 0.3) is 0 Å². The van der Waals surface area contributed by atoms with Gasteiger partial charge in [0.1, 0.15) is 6.54 Å². The third kappa shape index (κ3) is 4.66.